The van der Waals surface area contributed by atoms with Crippen molar-refractivity contribution in [3.8, 4) is 0 Å². The van der Waals surface area contributed by atoms with Crippen molar-refractivity contribution in [1.29, 1.82) is 0 Å². The molecule has 2 unspecified atom stereocenters. The van der Waals surface area contributed by atoms with E-state index >= 15 is 0 Å². The summed E-state index contributed by atoms with van der Waals surface area (Å²) in [5.41, 5.74) is 7.91. The predicted octanol–water partition coefficient (Wildman–Crippen LogP) is 1.43. The number of fused-ring (bicyclic) bond motifs is 2. The number of hydrogen-bond donors (Lipinski definition) is 1. The summed E-state index contributed by atoms with van der Waals surface area (Å²) >= 11 is 0. The van der Waals surface area contributed by atoms with Gasteiger partial charge in [0.25, 0.3) is 0 Å². The molecule has 2 N–H and O–H groups in total. The largest absolute Gasteiger partial charge is 0.371 e. The second kappa shape index (κ2) is 5.06. The summed E-state index contributed by atoms with van der Waals surface area (Å²) in [6, 6.07) is 0. The molecule has 0 saturated carbocycles. The minimum atomic E-state index is 0.334. The highest BCUT2D eigenvalue weighted by molar-refractivity contribution is 5.50. The molecule has 2 bridgehead atoms. The van der Waals surface area contributed by atoms with Gasteiger partial charge < -0.3 is 15.4 Å². The third-order valence-corrected chi connectivity index (χ3v) is 3.96. The Balaban J connectivity index is 1.87. The summed E-state index contributed by atoms with van der Waals surface area (Å²) in [5, 5.41) is 0. The molecule has 1 aromatic rings. The van der Waals surface area contributed by atoms with Crippen molar-refractivity contribution >= 4 is 5.69 Å². The average Bonchev–Trinajstić information content (AvgIpc) is 2.76. The number of nitrogens with two attached hydrogens (primary N) is 1. The van der Waals surface area contributed by atoms with Crippen LogP contribution in [-0.2, 0) is 11.3 Å². The Bertz CT molecular complexity index is 451. The summed E-state index contributed by atoms with van der Waals surface area (Å²) in [6.45, 7) is 6.54. The number of morpholine rings is 1. The summed E-state index contributed by atoms with van der Waals surface area (Å²) in [7, 11) is 0. The van der Waals surface area contributed by atoms with Gasteiger partial charge in [-0.05, 0) is 12.8 Å². The van der Waals surface area contributed by atoms with Gasteiger partial charge in [0.1, 0.15) is 5.82 Å². The van der Waals surface area contributed by atoms with Crippen LogP contribution in [0, 0.1) is 0 Å². The molecule has 0 spiro atoms. The topological polar surface area (TPSA) is 64.3 Å². The van der Waals surface area contributed by atoms with E-state index in [0.29, 0.717) is 24.7 Å². The lowest BCUT2D eigenvalue weighted by Crippen LogP contribution is -2.43. The SMILES string of the molecule is CC(C)c1ncc(N2CC3CCC(C2)O3)c(CN)n1. The highest BCUT2D eigenvalue weighted by Gasteiger charge is 2.34. The number of nitrogens with zero attached hydrogens (tertiary/aromatic N) is 3. The number of ether oxygens (including phenoxy) is 1. The maximum Gasteiger partial charge on any atom is 0.131 e. The molecule has 3 rings (SSSR count). The molecule has 0 aromatic carbocycles. The molecule has 104 valence electrons. The molecule has 5 heteroatoms. The quantitative estimate of drug-likeness (QED) is 0.892. The molecule has 0 radical (unpaired) electrons. The van der Waals surface area contributed by atoms with E-state index in [1.165, 1.54) is 12.8 Å². The first kappa shape index (κ1) is 12.8. The monoisotopic (exact) mass is 262 g/mol. The zero-order chi connectivity index (χ0) is 13.4. The van der Waals surface area contributed by atoms with Crippen LogP contribution < -0.4 is 10.6 Å². The van der Waals surface area contributed by atoms with Gasteiger partial charge in [-0.3, -0.25) is 0 Å². The number of rotatable bonds is 3. The predicted molar refractivity (Wildman–Crippen MR) is 74.1 cm³/mol. The van der Waals surface area contributed by atoms with E-state index in [-0.39, 0.29) is 0 Å². The lowest BCUT2D eigenvalue weighted by molar-refractivity contribution is 0.0304. The van der Waals surface area contributed by atoms with Crippen LogP contribution in [0.25, 0.3) is 0 Å². The van der Waals surface area contributed by atoms with Crippen LogP contribution in [0.4, 0.5) is 5.69 Å². The molecule has 2 atom stereocenters. The Morgan fingerprint density at radius 2 is 2.05 bits per heavy atom. The third kappa shape index (κ3) is 2.44. The lowest BCUT2D eigenvalue weighted by Gasteiger charge is -2.34. The zero-order valence-corrected chi connectivity index (χ0v) is 11.7. The fraction of sp³-hybridized carbons (Fsp3) is 0.714. The smallest absolute Gasteiger partial charge is 0.131 e. The van der Waals surface area contributed by atoms with E-state index in [9.17, 15) is 0 Å². The number of aromatic nitrogens is 2. The van der Waals surface area contributed by atoms with Gasteiger partial charge in [0.15, 0.2) is 0 Å². The molecule has 1 aromatic heterocycles. The molecule has 2 aliphatic rings. The summed E-state index contributed by atoms with van der Waals surface area (Å²) in [6.07, 6.45) is 5.02. The summed E-state index contributed by atoms with van der Waals surface area (Å²) in [5.74, 6) is 1.21. The van der Waals surface area contributed by atoms with E-state index in [1.54, 1.807) is 0 Å². The molecule has 2 saturated heterocycles. The highest BCUT2D eigenvalue weighted by atomic mass is 16.5. The van der Waals surface area contributed by atoms with Crippen molar-refractivity contribution < 1.29 is 4.74 Å². The first-order valence-corrected chi connectivity index (χ1v) is 7.13. The Hall–Kier alpha value is -1.20. The zero-order valence-electron chi connectivity index (χ0n) is 11.7. The maximum atomic E-state index is 5.87. The van der Waals surface area contributed by atoms with Crippen molar-refractivity contribution in [3.63, 3.8) is 0 Å². The van der Waals surface area contributed by atoms with E-state index in [1.807, 2.05) is 6.20 Å². The first-order valence-electron chi connectivity index (χ1n) is 7.13. The number of anilines is 1. The highest BCUT2D eigenvalue weighted by Crippen LogP contribution is 2.30. The minimum absolute atomic E-state index is 0.334. The second-order valence-electron chi connectivity index (χ2n) is 5.78. The average molecular weight is 262 g/mol. The van der Waals surface area contributed by atoms with Gasteiger partial charge in [-0.25, -0.2) is 9.97 Å². The third-order valence-electron chi connectivity index (χ3n) is 3.96. The molecule has 2 fully saturated rings. The van der Waals surface area contributed by atoms with Crippen LogP contribution in [-0.4, -0.2) is 35.3 Å². The fourth-order valence-electron chi connectivity index (χ4n) is 2.93. The van der Waals surface area contributed by atoms with Crippen molar-refractivity contribution in [2.45, 2.75) is 51.4 Å². The normalized spacial score (nSPS) is 26.2. The van der Waals surface area contributed by atoms with E-state index in [2.05, 4.69) is 28.7 Å². The molecule has 5 nitrogen and oxygen atoms in total. The Kier molecular flexibility index (Phi) is 3.41. The van der Waals surface area contributed by atoms with Crippen LogP contribution in [0.15, 0.2) is 6.20 Å². The Morgan fingerprint density at radius 1 is 1.37 bits per heavy atom. The molecule has 0 amide bonds. The Morgan fingerprint density at radius 3 is 2.63 bits per heavy atom. The molecule has 2 aliphatic heterocycles. The standard InChI is InChI=1S/C14H22N4O/c1-9(2)14-16-6-13(12(5-15)17-14)18-7-10-3-4-11(8-18)19-10/h6,9-11H,3-5,7-8,15H2,1-2H3. The molecular weight excluding hydrogens is 240 g/mol. The minimum Gasteiger partial charge on any atom is -0.371 e. The first-order chi connectivity index (χ1) is 9.17. The van der Waals surface area contributed by atoms with Crippen molar-refractivity contribution in [2.75, 3.05) is 18.0 Å². The van der Waals surface area contributed by atoms with Crippen molar-refractivity contribution in [1.82, 2.24) is 9.97 Å². The van der Waals surface area contributed by atoms with Crippen molar-refractivity contribution in [2.24, 2.45) is 5.73 Å². The van der Waals surface area contributed by atoms with Crippen LogP contribution in [0.1, 0.15) is 44.1 Å². The van der Waals surface area contributed by atoms with Crippen LogP contribution in [0.2, 0.25) is 0 Å². The molecule has 3 heterocycles. The van der Waals surface area contributed by atoms with Crippen LogP contribution >= 0.6 is 0 Å². The lowest BCUT2D eigenvalue weighted by atomic mass is 10.2. The van der Waals surface area contributed by atoms with Gasteiger partial charge >= 0.3 is 0 Å². The van der Waals surface area contributed by atoms with Gasteiger partial charge in [-0.15, -0.1) is 0 Å². The molecule has 19 heavy (non-hydrogen) atoms. The second-order valence-corrected chi connectivity index (χ2v) is 5.78. The Labute approximate surface area is 114 Å². The van der Waals surface area contributed by atoms with Crippen LogP contribution in [0.3, 0.4) is 0 Å². The van der Waals surface area contributed by atoms with E-state index < -0.39 is 0 Å². The van der Waals surface area contributed by atoms with Crippen LogP contribution in [0.5, 0.6) is 0 Å². The molecule has 0 aliphatic carbocycles. The summed E-state index contributed by atoms with van der Waals surface area (Å²) in [4.78, 5) is 11.4. The van der Waals surface area contributed by atoms with Gasteiger partial charge in [0, 0.05) is 25.6 Å². The van der Waals surface area contributed by atoms with Gasteiger partial charge in [0.05, 0.1) is 29.8 Å². The van der Waals surface area contributed by atoms with Gasteiger partial charge in [-0.1, -0.05) is 13.8 Å². The fourth-order valence-corrected chi connectivity index (χ4v) is 2.93. The van der Waals surface area contributed by atoms with Crippen molar-refractivity contribution in [3.05, 3.63) is 17.7 Å². The van der Waals surface area contributed by atoms with Gasteiger partial charge in [0.2, 0.25) is 0 Å². The molecular formula is C14H22N4O. The summed E-state index contributed by atoms with van der Waals surface area (Å²) < 4.78 is 5.87. The van der Waals surface area contributed by atoms with E-state index in [0.717, 1.165) is 30.3 Å². The maximum absolute atomic E-state index is 5.87. The van der Waals surface area contributed by atoms with Gasteiger partial charge in [-0.2, -0.15) is 0 Å². The number of hydrogen-bond acceptors (Lipinski definition) is 5. The van der Waals surface area contributed by atoms with E-state index in [4.69, 9.17) is 10.5 Å².